The van der Waals surface area contributed by atoms with Gasteiger partial charge in [0.25, 0.3) is 0 Å². The molecular weight excluding hydrogens is 174 g/mol. The third kappa shape index (κ3) is 2.87. The van der Waals surface area contributed by atoms with Crippen LogP contribution in [0.3, 0.4) is 0 Å². The summed E-state index contributed by atoms with van der Waals surface area (Å²) in [4.78, 5) is 11.5. The van der Waals surface area contributed by atoms with Crippen LogP contribution < -0.4 is 0 Å². The molecule has 0 radical (unpaired) electrons. The molecule has 0 aliphatic carbocycles. The minimum Gasteiger partial charge on any atom is -0.294 e. The number of carbonyl (C=O) groups is 1. The van der Waals surface area contributed by atoms with Gasteiger partial charge >= 0.3 is 0 Å². The summed E-state index contributed by atoms with van der Waals surface area (Å²) in [6, 6.07) is 11.1. The molecule has 0 saturated carbocycles. The lowest BCUT2D eigenvalue weighted by Crippen LogP contribution is -1.96. The van der Waals surface area contributed by atoms with E-state index in [9.17, 15) is 4.79 Å². The molecule has 0 atom stereocenters. The Kier molecular flexibility index (Phi) is 3.63. The van der Waals surface area contributed by atoms with Crippen LogP contribution in [0.2, 0.25) is 0 Å². The fourth-order valence-corrected chi connectivity index (χ4v) is 1.03. The second-order valence-electron chi connectivity index (χ2n) is 2.99. The molecule has 0 aliphatic heterocycles. The fraction of sp³-hybridized carbons (Fsp3) is 0.167. The maximum absolute atomic E-state index is 11.5. The highest BCUT2D eigenvalue weighted by atomic mass is 16.1. The van der Waals surface area contributed by atoms with Crippen LogP contribution in [0.25, 0.3) is 0 Å². The van der Waals surface area contributed by atoms with Crippen molar-refractivity contribution in [2.75, 3.05) is 0 Å². The number of Topliss-reactive ketones (excluding diaryl/α,β-unsaturated/α-hetero) is 1. The molecule has 0 amide bonds. The summed E-state index contributed by atoms with van der Waals surface area (Å²) in [5.41, 5.74) is 1.27. The predicted molar refractivity (Wildman–Crippen MR) is 54.8 cm³/mol. The molecule has 0 bridgehead atoms. The number of nitriles is 1. The Balaban J connectivity index is 2.66. The average molecular weight is 185 g/mol. The number of nitrogens with zero attached hydrogens (tertiary/aromatic N) is 1. The van der Waals surface area contributed by atoms with Crippen LogP contribution >= 0.6 is 0 Å². The third-order valence-corrected chi connectivity index (χ3v) is 1.87. The standard InChI is InChI=1S/C12H11NO/c1-10(9-13)7-8-12(14)11-5-3-2-4-6-11/h2-7H,8H2,1H3/b10-7+. The van der Waals surface area contributed by atoms with Gasteiger partial charge in [-0.1, -0.05) is 36.4 Å². The second kappa shape index (κ2) is 4.98. The predicted octanol–water partition coefficient (Wildman–Crippen LogP) is 2.73. The Bertz CT molecular complexity index is 385. The molecule has 2 heteroatoms. The molecule has 1 aromatic carbocycles. The van der Waals surface area contributed by atoms with E-state index in [1.807, 2.05) is 24.3 Å². The number of hydrogen-bond acceptors (Lipinski definition) is 2. The van der Waals surface area contributed by atoms with E-state index < -0.39 is 0 Å². The highest BCUT2D eigenvalue weighted by Crippen LogP contribution is 2.04. The van der Waals surface area contributed by atoms with Gasteiger partial charge in [0.1, 0.15) is 0 Å². The van der Waals surface area contributed by atoms with Crippen molar-refractivity contribution >= 4 is 5.78 Å². The molecule has 1 aromatic rings. The molecule has 0 aliphatic rings. The van der Waals surface area contributed by atoms with Crippen LogP contribution in [0.4, 0.5) is 0 Å². The first-order chi connectivity index (χ1) is 6.74. The van der Waals surface area contributed by atoms with Crippen LogP contribution in [0, 0.1) is 11.3 Å². The molecule has 0 spiro atoms. The molecule has 0 unspecified atom stereocenters. The number of allylic oxidation sites excluding steroid dienone is 2. The topological polar surface area (TPSA) is 40.9 Å². The summed E-state index contributed by atoms with van der Waals surface area (Å²) < 4.78 is 0. The lowest BCUT2D eigenvalue weighted by Gasteiger charge is -1.95. The number of rotatable bonds is 3. The van der Waals surface area contributed by atoms with Crippen LogP contribution in [0.5, 0.6) is 0 Å². The van der Waals surface area contributed by atoms with E-state index in [2.05, 4.69) is 0 Å². The Morgan fingerprint density at radius 3 is 2.64 bits per heavy atom. The Morgan fingerprint density at radius 1 is 1.43 bits per heavy atom. The fourth-order valence-electron chi connectivity index (χ4n) is 1.03. The minimum absolute atomic E-state index is 0.0419. The molecule has 14 heavy (non-hydrogen) atoms. The highest BCUT2D eigenvalue weighted by molar-refractivity contribution is 5.96. The minimum atomic E-state index is 0.0419. The number of carbonyl (C=O) groups excluding carboxylic acids is 1. The van der Waals surface area contributed by atoms with Crippen LogP contribution in [0.1, 0.15) is 23.7 Å². The van der Waals surface area contributed by atoms with Crippen LogP contribution in [0.15, 0.2) is 42.0 Å². The average Bonchev–Trinajstić information content (AvgIpc) is 2.26. The molecule has 2 nitrogen and oxygen atoms in total. The van der Waals surface area contributed by atoms with E-state index in [4.69, 9.17) is 5.26 Å². The number of ketones is 1. The van der Waals surface area contributed by atoms with Gasteiger partial charge in [-0.2, -0.15) is 5.26 Å². The van der Waals surface area contributed by atoms with Crippen molar-refractivity contribution in [1.29, 1.82) is 5.26 Å². The first-order valence-corrected chi connectivity index (χ1v) is 4.39. The zero-order chi connectivity index (χ0) is 10.4. The lowest BCUT2D eigenvalue weighted by molar-refractivity contribution is 0.0995. The van der Waals surface area contributed by atoms with Gasteiger partial charge in [-0.3, -0.25) is 4.79 Å². The maximum atomic E-state index is 11.5. The number of benzene rings is 1. The Labute approximate surface area is 83.5 Å². The Morgan fingerprint density at radius 2 is 2.07 bits per heavy atom. The molecule has 0 saturated heterocycles. The van der Waals surface area contributed by atoms with Gasteiger partial charge < -0.3 is 0 Å². The van der Waals surface area contributed by atoms with Crippen molar-refractivity contribution in [2.45, 2.75) is 13.3 Å². The van der Waals surface area contributed by atoms with E-state index in [1.165, 1.54) is 0 Å². The monoisotopic (exact) mass is 185 g/mol. The molecule has 1 rings (SSSR count). The normalized spacial score (nSPS) is 10.7. The molecule has 0 heterocycles. The summed E-state index contributed by atoms with van der Waals surface area (Å²) >= 11 is 0. The first kappa shape index (κ1) is 10.2. The van der Waals surface area contributed by atoms with Crippen molar-refractivity contribution in [3.63, 3.8) is 0 Å². The Hall–Kier alpha value is -1.88. The van der Waals surface area contributed by atoms with Gasteiger partial charge in [0.05, 0.1) is 6.07 Å². The summed E-state index contributed by atoms with van der Waals surface area (Å²) in [6.07, 6.45) is 1.94. The molecule has 0 N–H and O–H groups in total. The second-order valence-corrected chi connectivity index (χ2v) is 2.99. The van der Waals surface area contributed by atoms with Crippen molar-refractivity contribution < 1.29 is 4.79 Å². The van der Waals surface area contributed by atoms with Gasteiger partial charge in [-0.25, -0.2) is 0 Å². The third-order valence-electron chi connectivity index (χ3n) is 1.87. The molecular formula is C12H11NO. The van der Waals surface area contributed by atoms with Crippen LogP contribution in [-0.4, -0.2) is 5.78 Å². The van der Waals surface area contributed by atoms with Gasteiger partial charge in [0.15, 0.2) is 5.78 Å². The number of hydrogen-bond donors (Lipinski definition) is 0. The first-order valence-electron chi connectivity index (χ1n) is 4.39. The van der Waals surface area contributed by atoms with Crippen molar-refractivity contribution in [2.24, 2.45) is 0 Å². The zero-order valence-corrected chi connectivity index (χ0v) is 8.03. The van der Waals surface area contributed by atoms with Crippen LogP contribution in [-0.2, 0) is 0 Å². The SMILES string of the molecule is C/C(C#N)=C\CC(=O)c1ccccc1. The van der Waals surface area contributed by atoms with Crippen molar-refractivity contribution in [3.05, 3.63) is 47.5 Å². The largest absolute Gasteiger partial charge is 0.294 e. The van der Waals surface area contributed by atoms with Crippen molar-refractivity contribution in [1.82, 2.24) is 0 Å². The van der Waals surface area contributed by atoms with E-state index in [1.54, 1.807) is 25.1 Å². The van der Waals surface area contributed by atoms with E-state index in [-0.39, 0.29) is 5.78 Å². The molecule has 70 valence electrons. The maximum Gasteiger partial charge on any atom is 0.166 e. The molecule has 0 fully saturated rings. The summed E-state index contributed by atoms with van der Waals surface area (Å²) in [6.45, 7) is 1.69. The van der Waals surface area contributed by atoms with Crippen molar-refractivity contribution in [3.8, 4) is 6.07 Å². The molecule has 0 aromatic heterocycles. The van der Waals surface area contributed by atoms with E-state index >= 15 is 0 Å². The summed E-state index contributed by atoms with van der Waals surface area (Å²) in [7, 11) is 0. The van der Waals surface area contributed by atoms with Gasteiger partial charge in [-0.15, -0.1) is 0 Å². The van der Waals surface area contributed by atoms with E-state index in [0.29, 0.717) is 17.6 Å². The summed E-state index contributed by atoms with van der Waals surface area (Å²) in [5.74, 6) is 0.0419. The quantitative estimate of drug-likeness (QED) is 0.536. The smallest absolute Gasteiger partial charge is 0.166 e. The summed E-state index contributed by atoms with van der Waals surface area (Å²) in [5, 5.41) is 8.49. The van der Waals surface area contributed by atoms with Gasteiger partial charge in [-0.05, 0) is 6.92 Å². The lowest BCUT2D eigenvalue weighted by atomic mass is 10.1. The highest BCUT2D eigenvalue weighted by Gasteiger charge is 2.01. The van der Waals surface area contributed by atoms with E-state index in [0.717, 1.165) is 0 Å². The zero-order valence-electron chi connectivity index (χ0n) is 8.03. The van der Waals surface area contributed by atoms with Gasteiger partial charge in [0, 0.05) is 17.6 Å². The van der Waals surface area contributed by atoms with Gasteiger partial charge in [0.2, 0.25) is 0 Å².